The predicted molar refractivity (Wildman–Crippen MR) is 104 cm³/mol. The Labute approximate surface area is 161 Å². The van der Waals surface area contributed by atoms with E-state index in [0.29, 0.717) is 28.8 Å². The molecule has 0 radical (unpaired) electrons. The second kappa shape index (κ2) is 7.59. The molecule has 1 saturated carbocycles. The molecule has 7 nitrogen and oxygen atoms in total. The number of fused-ring (bicyclic) bond motifs is 1. The molecule has 1 aliphatic heterocycles. The molecule has 1 unspecified atom stereocenters. The predicted octanol–water partition coefficient (Wildman–Crippen LogP) is 2.13. The van der Waals surface area contributed by atoms with E-state index in [-0.39, 0.29) is 23.3 Å². The zero-order valence-corrected chi connectivity index (χ0v) is 16.5. The van der Waals surface area contributed by atoms with Crippen LogP contribution in [0.15, 0.2) is 16.0 Å². The van der Waals surface area contributed by atoms with Crippen LogP contribution in [0.3, 0.4) is 0 Å². The Morgan fingerprint density at radius 2 is 2.15 bits per heavy atom. The molecule has 2 aromatic heterocycles. The van der Waals surface area contributed by atoms with E-state index in [1.165, 1.54) is 11.8 Å². The molecule has 0 bridgehead atoms. The van der Waals surface area contributed by atoms with Gasteiger partial charge in [-0.1, -0.05) is 11.8 Å². The third-order valence-electron chi connectivity index (χ3n) is 4.97. The smallest absolute Gasteiger partial charge is 0.283 e. The molecule has 0 spiro atoms. The number of carbonyl (C=O) groups excluding carboxylic acids is 1. The van der Waals surface area contributed by atoms with Gasteiger partial charge in [0.1, 0.15) is 5.65 Å². The zero-order valence-electron chi connectivity index (χ0n) is 15.7. The Kier molecular flexibility index (Phi) is 5.19. The molecule has 1 atom stereocenters. The Morgan fingerprint density at radius 1 is 1.33 bits per heavy atom. The number of carbonyl (C=O) groups is 1. The number of nitrogens with one attached hydrogen (secondary N) is 1. The van der Waals surface area contributed by atoms with Gasteiger partial charge in [0.25, 0.3) is 5.56 Å². The number of hydrogen-bond donors (Lipinski definition) is 1. The summed E-state index contributed by atoms with van der Waals surface area (Å²) in [5.74, 6) is 0.155. The first-order valence-electron chi connectivity index (χ1n) is 9.44. The van der Waals surface area contributed by atoms with E-state index in [4.69, 9.17) is 4.74 Å². The monoisotopic (exact) mass is 388 g/mol. The summed E-state index contributed by atoms with van der Waals surface area (Å²) in [6.07, 6.45) is 4.26. The number of amides is 1. The van der Waals surface area contributed by atoms with Crippen LogP contribution in [0.25, 0.3) is 11.0 Å². The van der Waals surface area contributed by atoms with Crippen molar-refractivity contribution in [1.82, 2.24) is 19.9 Å². The fraction of sp³-hybridized carbons (Fsp3) is 0.579. The van der Waals surface area contributed by atoms with Gasteiger partial charge in [-0.3, -0.25) is 9.59 Å². The maximum absolute atomic E-state index is 12.6. The van der Waals surface area contributed by atoms with Crippen LogP contribution in [0.5, 0.6) is 0 Å². The largest absolute Gasteiger partial charge is 0.376 e. The van der Waals surface area contributed by atoms with E-state index in [0.717, 1.165) is 43.5 Å². The van der Waals surface area contributed by atoms with Gasteiger partial charge in [-0.2, -0.15) is 4.98 Å². The Morgan fingerprint density at radius 3 is 2.85 bits per heavy atom. The van der Waals surface area contributed by atoms with Crippen molar-refractivity contribution in [3.8, 4) is 0 Å². The number of pyridine rings is 1. The van der Waals surface area contributed by atoms with E-state index in [1.54, 1.807) is 0 Å². The molecule has 2 aromatic rings. The third kappa shape index (κ3) is 4.01. The molecule has 2 aliphatic rings. The van der Waals surface area contributed by atoms with Gasteiger partial charge in [0.05, 0.1) is 17.2 Å². The molecule has 0 aromatic carbocycles. The van der Waals surface area contributed by atoms with Gasteiger partial charge in [-0.25, -0.2) is 4.98 Å². The number of nitrogens with zero attached hydrogens (tertiary/aromatic N) is 3. The van der Waals surface area contributed by atoms with E-state index < -0.39 is 0 Å². The lowest BCUT2D eigenvalue weighted by Gasteiger charge is -2.15. The van der Waals surface area contributed by atoms with Crippen molar-refractivity contribution in [3.05, 3.63) is 27.7 Å². The molecule has 8 heteroatoms. The fourth-order valence-electron chi connectivity index (χ4n) is 3.52. The van der Waals surface area contributed by atoms with Crippen LogP contribution in [-0.4, -0.2) is 45.5 Å². The highest BCUT2D eigenvalue weighted by Crippen LogP contribution is 2.39. The van der Waals surface area contributed by atoms with Crippen molar-refractivity contribution < 1.29 is 9.53 Å². The number of aryl methyl sites for hydroxylation is 2. The second-order valence-electron chi connectivity index (χ2n) is 7.31. The molecular weight excluding hydrogens is 364 g/mol. The third-order valence-corrected chi connectivity index (χ3v) is 5.92. The Balaban J connectivity index is 1.55. The van der Waals surface area contributed by atoms with Crippen molar-refractivity contribution in [2.24, 2.45) is 0 Å². The van der Waals surface area contributed by atoms with Crippen LogP contribution < -0.4 is 10.9 Å². The van der Waals surface area contributed by atoms with Crippen molar-refractivity contribution in [3.63, 3.8) is 0 Å². The normalized spacial score (nSPS) is 19.6. The van der Waals surface area contributed by atoms with Gasteiger partial charge in [0, 0.05) is 24.9 Å². The van der Waals surface area contributed by atoms with E-state index >= 15 is 0 Å². The van der Waals surface area contributed by atoms with Crippen LogP contribution >= 0.6 is 11.8 Å². The highest BCUT2D eigenvalue weighted by Gasteiger charge is 2.29. The van der Waals surface area contributed by atoms with Crippen molar-refractivity contribution >= 4 is 28.7 Å². The van der Waals surface area contributed by atoms with E-state index in [1.807, 2.05) is 19.9 Å². The fourth-order valence-corrected chi connectivity index (χ4v) is 4.41. The molecule has 1 amide bonds. The van der Waals surface area contributed by atoms with Crippen molar-refractivity contribution in [2.45, 2.75) is 56.8 Å². The molecule has 1 saturated heterocycles. The first kappa shape index (κ1) is 18.4. The molecular formula is C19H24N4O3S. The summed E-state index contributed by atoms with van der Waals surface area (Å²) in [6.45, 7) is 5.17. The topological polar surface area (TPSA) is 86.1 Å². The van der Waals surface area contributed by atoms with Crippen LogP contribution in [0, 0.1) is 13.8 Å². The minimum atomic E-state index is -0.269. The van der Waals surface area contributed by atoms with Crippen molar-refractivity contribution in [1.29, 1.82) is 0 Å². The summed E-state index contributed by atoms with van der Waals surface area (Å²) < 4.78 is 7.57. The van der Waals surface area contributed by atoms with Crippen LogP contribution in [0.2, 0.25) is 0 Å². The van der Waals surface area contributed by atoms with Gasteiger partial charge < -0.3 is 14.6 Å². The molecule has 1 N–H and O–H groups in total. The number of rotatable bonds is 6. The Bertz CT molecular complexity index is 933. The zero-order chi connectivity index (χ0) is 19.0. The minimum Gasteiger partial charge on any atom is -0.376 e. The van der Waals surface area contributed by atoms with Gasteiger partial charge in [0.2, 0.25) is 5.91 Å². The highest BCUT2D eigenvalue weighted by atomic mass is 32.2. The summed E-state index contributed by atoms with van der Waals surface area (Å²) in [6, 6.07) is 2.22. The summed E-state index contributed by atoms with van der Waals surface area (Å²) >= 11 is 1.31. The molecule has 3 heterocycles. The lowest BCUT2D eigenvalue weighted by Crippen LogP contribution is -2.33. The first-order valence-corrected chi connectivity index (χ1v) is 10.4. The summed E-state index contributed by atoms with van der Waals surface area (Å²) in [5.41, 5.74) is 2.20. The maximum atomic E-state index is 12.6. The summed E-state index contributed by atoms with van der Waals surface area (Å²) in [4.78, 5) is 33.7. The van der Waals surface area contributed by atoms with E-state index in [2.05, 4.69) is 19.9 Å². The van der Waals surface area contributed by atoms with E-state index in [9.17, 15) is 9.59 Å². The average Bonchev–Trinajstić information content (AvgIpc) is 3.31. The second-order valence-corrected chi connectivity index (χ2v) is 8.25. The standard InChI is InChI=1S/C19H24N4O3S/c1-11-8-12(2)21-17-16(11)18(25)22-19(23(17)13-5-6-13)27-10-15(24)20-9-14-4-3-7-26-14/h8,13-14H,3-7,9-10H2,1-2H3,(H,20,24). The summed E-state index contributed by atoms with van der Waals surface area (Å²) in [7, 11) is 0. The Hall–Kier alpha value is -1.93. The van der Waals surface area contributed by atoms with Gasteiger partial charge in [0.15, 0.2) is 5.16 Å². The average molecular weight is 388 g/mol. The lowest BCUT2D eigenvalue weighted by atomic mass is 10.2. The number of thioether (sulfide) groups is 1. The molecule has 4 rings (SSSR count). The molecule has 1 aliphatic carbocycles. The molecule has 2 fully saturated rings. The van der Waals surface area contributed by atoms with Gasteiger partial charge >= 0.3 is 0 Å². The first-order chi connectivity index (χ1) is 13.0. The van der Waals surface area contributed by atoms with Crippen LogP contribution in [0.4, 0.5) is 0 Å². The molecule has 144 valence electrons. The molecule has 27 heavy (non-hydrogen) atoms. The number of ether oxygens (including phenoxy) is 1. The number of hydrogen-bond acceptors (Lipinski definition) is 6. The van der Waals surface area contributed by atoms with Crippen molar-refractivity contribution in [2.75, 3.05) is 18.9 Å². The van der Waals surface area contributed by atoms with Crippen LogP contribution in [-0.2, 0) is 9.53 Å². The summed E-state index contributed by atoms with van der Waals surface area (Å²) in [5, 5.41) is 4.08. The SMILES string of the molecule is Cc1cc(C)c2c(=O)nc(SCC(=O)NCC3CCCO3)n(C3CC3)c2n1. The highest BCUT2D eigenvalue weighted by molar-refractivity contribution is 7.99. The van der Waals surface area contributed by atoms with Gasteiger partial charge in [-0.05, 0) is 51.2 Å². The minimum absolute atomic E-state index is 0.0689. The maximum Gasteiger partial charge on any atom is 0.283 e. The van der Waals surface area contributed by atoms with Gasteiger partial charge in [-0.15, -0.1) is 0 Å². The quantitative estimate of drug-likeness (QED) is 0.603. The van der Waals surface area contributed by atoms with Crippen LogP contribution in [0.1, 0.15) is 43.0 Å². The lowest BCUT2D eigenvalue weighted by molar-refractivity contribution is -0.119. The number of aromatic nitrogens is 3.